The van der Waals surface area contributed by atoms with Crippen molar-refractivity contribution in [2.45, 2.75) is 6.92 Å². The van der Waals surface area contributed by atoms with Crippen molar-refractivity contribution in [3.05, 3.63) is 41.7 Å². The summed E-state index contributed by atoms with van der Waals surface area (Å²) in [5.41, 5.74) is 2.12. The molecule has 0 spiro atoms. The smallest absolute Gasteiger partial charge is 0.356 e. The van der Waals surface area contributed by atoms with E-state index in [1.807, 2.05) is 25.1 Å². The maximum Gasteiger partial charge on any atom is 0.356 e. The number of methoxy groups -OCH3 is 2. The molecule has 1 saturated heterocycles. The highest BCUT2D eigenvalue weighted by Crippen LogP contribution is 2.28. The number of anilines is 2. The third-order valence-corrected chi connectivity index (χ3v) is 4.23. The predicted molar refractivity (Wildman–Crippen MR) is 95.5 cm³/mol. The zero-order valence-electron chi connectivity index (χ0n) is 14.7. The number of para-hydroxylation sites is 2. The van der Waals surface area contributed by atoms with Crippen LogP contribution in [0.25, 0.3) is 0 Å². The van der Waals surface area contributed by atoms with Crippen LogP contribution in [-0.2, 0) is 4.74 Å². The number of carbonyl (C=O) groups excluding carboxylic acids is 1. The van der Waals surface area contributed by atoms with Crippen molar-refractivity contribution in [1.82, 2.24) is 9.97 Å². The monoisotopic (exact) mass is 342 g/mol. The zero-order valence-corrected chi connectivity index (χ0v) is 14.7. The molecule has 1 aliphatic heterocycles. The van der Waals surface area contributed by atoms with Crippen LogP contribution in [0.5, 0.6) is 5.75 Å². The van der Waals surface area contributed by atoms with Gasteiger partial charge in [0.05, 0.1) is 19.9 Å². The van der Waals surface area contributed by atoms with Crippen molar-refractivity contribution in [2.75, 3.05) is 50.2 Å². The fourth-order valence-corrected chi connectivity index (χ4v) is 2.94. The second-order valence-electron chi connectivity index (χ2n) is 5.83. The van der Waals surface area contributed by atoms with E-state index in [1.165, 1.54) is 7.11 Å². The van der Waals surface area contributed by atoms with Crippen molar-refractivity contribution >= 4 is 17.6 Å². The first-order chi connectivity index (χ1) is 12.1. The molecule has 0 saturated carbocycles. The van der Waals surface area contributed by atoms with Gasteiger partial charge in [-0.1, -0.05) is 12.1 Å². The van der Waals surface area contributed by atoms with Crippen molar-refractivity contribution in [2.24, 2.45) is 0 Å². The van der Waals surface area contributed by atoms with Gasteiger partial charge in [0.1, 0.15) is 5.75 Å². The summed E-state index contributed by atoms with van der Waals surface area (Å²) < 4.78 is 10.2. The summed E-state index contributed by atoms with van der Waals surface area (Å²) in [5, 5.41) is 0. The number of benzene rings is 1. The van der Waals surface area contributed by atoms with Gasteiger partial charge in [-0.05, 0) is 25.1 Å². The number of nitrogens with zero attached hydrogens (tertiary/aromatic N) is 4. The zero-order chi connectivity index (χ0) is 17.8. The first-order valence-corrected chi connectivity index (χ1v) is 8.19. The first-order valence-electron chi connectivity index (χ1n) is 8.19. The lowest BCUT2D eigenvalue weighted by Crippen LogP contribution is -2.47. The highest BCUT2D eigenvalue weighted by molar-refractivity contribution is 5.87. The lowest BCUT2D eigenvalue weighted by molar-refractivity contribution is 0.0593. The molecule has 1 fully saturated rings. The minimum atomic E-state index is -0.445. The van der Waals surface area contributed by atoms with Crippen LogP contribution in [0.4, 0.5) is 11.6 Å². The van der Waals surface area contributed by atoms with Crippen LogP contribution in [0.15, 0.2) is 30.3 Å². The van der Waals surface area contributed by atoms with E-state index in [-0.39, 0.29) is 5.69 Å². The highest BCUT2D eigenvalue weighted by atomic mass is 16.5. The molecule has 0 aliphatic carbocycles. The maximum absolute atomic E-state index is 11.8. The number of hydrogen-bond acceptors (Lipinski definition) is 7. The summed E-state index contributed by atoms with van der Waals surface area (Å²) in [7, 11) is 3.04. The van der Waals surface area contributed by atoms with E-state index in [2.05, 4.69) is 25.8 Å². The van der Waals surface area contributed by atoms with Crippen molar-refractivity contribution in [3.63, 3.8) is 0 Å². The Morgan fingerprint density at radius 3 is 2.40 bits per heavy atom. The summed E-state index contributed by atoms with van der Waals surface area (Å²) in [6.45, 7) is 5.03. The van der Waals surface area contributed by atoms with Gasteiger partial charge < -0.3 is 19.3 Å². The fraction of sp³-hybridized carbons (Fsp3) is 0.389. The molecular weight excluding hydrogens is 320 g/mol. The van der Waals surface area contributed by atoms with Crippen LogP contribution in [0.1, 0.15) is 16.2 Å². The van der Waals surface area contributed by atoms with Gasteiger partial charge in [-0.15, -0.1) is 0 Å². The SMILES string of the molecule is COC(=O)c1cc(C)nc(N2CCN(c3ccccc3OC)CC2)n1. The Morgan fingerprint density at radius 1 is 1.04 bits per heavy atom. The standard InChI is InChI=1S/C18H22N4O3/c1-13-12-14(17(23)25-3)20-18(19-13)22-10-8-21(9-11-22)15-6-4-5-7-16(15)24-2/h4-7,12H,8-11H2,1-3H3. The summed E-state index contributed by atoms with van der Waals surface area (Å²) in [6, 6.07) is 9.64. The molecule has 0 atom stereocenters. The van der Waals surface area contributed by atoms with Crippen LogP contribution in [0, 0.1) is 6.92 Å². The van der Waals surface area contributed by atoms with Gasteiger partial charge in [0.25, 0.3) is 0 Å². The molecule has 132 valence electrons. The first kappa shape index (κ1) is 17.0. The second kappa shape index (κ2) is 7.38. The summed E-state index contributed by atoms with van der Waals surface area (Å²) in [6.07, 6.45) is 0. The number of ether oxygens (including phenoxy) is 2. The molecule has 1 aromatic heterocycles. The quantitative estimate of drug-likeness (QED) is 0.786. The van der Waals surface area contributed by atoms with Crippen molar-refractivity contribution < 1.29 is 14.3 Å². The Hall–Kier alpha value is -2.83. The molecule has 1 aliphatic rings. The Kier molecular flexibility index (Phi) is 5.02. The molecule has 3 rings (SSSR count). The molecule has 0 unspecified atom stereocenters. The lowest BCUT2D eigenvalue weighted by Gasteiger charge is -2.36. The van der Waals surface area contributed by atoms with E-state index in [0.717, 1.165) is 43.3 Å². The van der Waals surface area contributed by atoms with Crippen molar-refractivity contribution in [1.29, 1.82) is 0 Å². The summed E-state index contributed by atoms with van der Waals surface area (Å²) >= 11 is 0. The van der Waals surface area contributed by atoms with E-state index in [1.54, 1.807) is 13.2 Å². The van der Waals surface area contributed by atoms with Gasteiger partial charge in [-0.2, -0.15) is 0 Å². The topological polar surface area (TPSA) is 67.8 Å². The molecule has 7 heteroatoms. The molecule has 2 heterocycles. The molecule has 25 heavy (non-hydrogen) atoms. The molecule has 1 aromatic carbocycles. The van der Waals surface area contributed by atoms with Gasteiger partial charge in [0.15, 0.2) is 5.69 Å². The van der Waals surface area contributed by atoms with Gasteiger partial charge >= 0.3 is 5.97 Å². The number of piperazine rings is 1. The predicted octanol–water partition coefficient (Wildman–Crippen LogP) is 1.91. The Morgan fingerprint density at radius 2 is 1.72 bits per heavy atom. The largest absolute Gasteiger partial charge is 0.495 e. The number of rotatable bonds is 4. The van der Waals surface area contributed by atoms with Crippen LogP contribution in [0.3, 0.4) is 0 Å². The fourth-order valence-electron chi connectivity index (χ4n) is 2.94. The van der Waals surface area contributed by atoms with Gasteiger partial charge in [0, 0.05) is 31.9 Å². The molecular formula is C18H22N4O3. The van der Waals surface area contributed by atoms with E-state index in [0.29, 0.717) is 5.95 Å². The average molecular weight is 342 g/mol. The molecule has 0 N–H and O–H groups in total. The number of aromatic nitrogens is 2. The summed E-state index contributed by atoms with van der Waals surface area (Å²) in [4.78, 5) is 25.0. The minimum Gasteiger partial charge on any atom is -0.495 e. The number of aryl methyl sites for hydroxylation is 1. The molecule has 7 nitrogen and oxygen atoms in total. The van der Waals surface area contributed by atoms with Crippen LogP contribution in [-0.4, -0.2) is 56.3 Å². The van der Waals surface area contributed by atoms with Crippen LogP contribution < -0.4 is 14.5 Å². The van der Waals surface area contributed by atoms with E-state index in [9.17, 15) is 4.79 Å². The third kappa shape index (κ3) is 3.65. The van der Waals surface area contributed by atoms with E-state index in [4.69, 9.17) is 9.47 Å². The van der Waals surface area contributed by atoms with Gasteiger partial charge in [-0.3, -0.25) is 0 Å². The average Bonchev–Trinajstić information content (AvgIpc) is 2.67. The third-order valence-electron chi connectivity index (χ3n) is 4.23. The highest BCUT2D eigenvalue weighted by Gasteiger charge is 2.22. The van der Waals surface area contributed by atoms with Crippen LogP contribution in [0.2, 0.25) is 0 Å². The number of hydrogen-bond donors (Lipinski definition) is 0. The van der Waals surface area contributed by atoms with Crippen molar-refractivity contribution in [3.8, 4) is 5.75 Å². The second-order valence-corrected chi connectivity index (χ2v) is 5.83. The Labute approximate surface area is 147 Å². The molecule has 0 radical (unpaired) electrons. The van der Waals surface area contributed by atoms with E-state index >= 15 is 0 Å². The van der Waals surface area contributed by atoms with Gasteiger partial charge in [-0.25, -0.2) is 14.8 Å². The maximum atomic E-state index is 11.8. The van der Waals surface area contributed by atoms with E-state index < -0.39 is 5.97 Å². The molecule has 2 aromatic rings. The summed E-state index contributed by atoms with van der Waals surface area (Å²) in [5.74, 6) is 0.996. The normalized spacial score (nSPS) is 14.4. The Bertz CT molecular complexity index is 758. The molecule has 0 bridgehead atoms. The Balaban J connectivity index is 1.74. The minimum absolute atomic E-state index is 0.289. The number of esters is 1. The lowest BCUT2D eigenvalue weighted by atomic mass is 10.2. The number of carbonyl (C=O) groups is 1. The molecule has 0 amide bonds. The van der Waals surface area contributed by atoms with Crippen LogP contribution >= 0.6 is 0 Å². The van der Waals surface area contributed by atoms with Gasteiger partial charge in [0.2, 0.25) is 5.95 Å².